The van der Waals surface area contributed by atoms with Crippen molar-refractivity contribution in [1.82, 2.24) is 14.8 Å². The molecule has 1 amide bonds. The van der Waals surface area contributed by atoms with E-state index in [9.17, 15) is 4.79 Å². The van der Waals surface area contributed by atoms with E-state index in [-0.39, 0.29) is 5.91 Å². The van der Waals surface area contributed by atoms with Gasteiger partial charge in [-0.3, -0.25) is 9.69 Å². The van der Waals surface area contributed by atoms with Crippen molar-refractivity contribution in [1.29, 1.82) is 0 Å². The predicted octanol–water partition coefficient (Wildman–Crippen LogP) is 2.92. The molecule has 0 atom stereocenters. The van der Waals surface area contributed by atoms with E-state index in [0.29, 0.717) is 12.5 Å². The number of carbonyl (C=O) groups excluding carboxylic acids is 1. The average Bonchev–Trinajstić information content (AvgIpc) is 3.37. The van der Waals surface area contributed by atoms with E-state index in [1.54, 1.807) is 11.3 Å². The summed E-state index contributed by atoms with van der Waals surface area (Å²) >= 11 is 1.65. The van der Waals surface area contributed by atoms with Crippen LogP contribution in [0.2, 0.25) is 0 Å². The number of hydrogen-bond donors (Lipinski definition) is 1. The predicted molar refractivity (Wildman–Crippen MR) is 99.9 cm³/mol. The number of benzene rings is 1. The quantitative estimate of drug-likeness (QED) is 0.771. The van der Waals surface area contributed by atoms with Crippen molar-refractivity contribution in [2.24, 2.45) is 0 Å². The first-order valence-corrected chi connectivity index (χ1v) is 9.60. The van der Waals surface area contributed by atoms with Crippen LogP contribution in [0.15, 0.2) is 35.7 Å². The zero-order chi connectivity index (χ0) is 17.5. The molecule has 4 heterocycles. The first-order chi connectivity index (χ1) is 12.8. The van der Waals surface area contributed by atoms with Gasteiger partial charge in [-0.25, -0.2) is 0 Å². The van der Waals surface area contributed by atoms with Gasteiger partial charge in [0.2, 0.25) is 6.79 Å². The fraction of sp³-hybridized carbons (Fsp3) is 0.316. The summed E-state index contributed by atoms with van der Waals surface area (Å²) in [4.78, 5) is 20.2. The number of aromatic nitrogens is 1. The molecule has 0 aliphatic carbocycles. The van der Waals surface area contributed by atoms with Gasteiger partial charge in [-0.1, -0.05) is 6.07 Å². The van der Waals surface area contributed by atoms with Gasteiger partial charge in [0.05, 0.1) is 10.2 Å². The second-order valence-electron chi connectivity index (χ2n) is 6.64. The van der Waals surface area contributed by atoms with Gasteiger partial charge in [0.1, 0.15) is 5.69 Å². The Kier molecular flexibility index (Phi) is 3.83. The number of thiophene rings is 1. The first kappa shape index (κ1) is 15.7. The van der Waals surface area contributed by atoms with E-state index < -0.39 is 0 Å². The van der Waals surface area contributed by atoms with Gasteiger partial charge < -0.3 is 19.4 Å². The molecule has 6 nitrogen and oxygen atoms in total. The highest BCUT2D eigenvalue weighted by atomic mass is 32.1. The lowest BCUT2D eigenvalue weighted by Crippen LogP contribution is -2.48. The summed E-state index contributed by atoms with van der Waals surface area (Å²) in [6, 6.07) is 10.1. The molecule has 0 radical (unpaired) electrons. The minimum Gasteiger partial charge on any atom is -0.454 e. The van der Waals surface area contributed by atoms with E-state index in [1.165, 1.54) is 5.56 Å². The topological polar surface area (TPSA) is 57.8 Å². The van der Waals surface area contributed by atoms with Gasteiger partial charge >= 0.3 is 0 Å². The van der Waals surface area contributed by atoms with Crippen molar-refractivity contribution in [2.45, 2.75) is 6.54 Å². The van der Waals surface area contributed by atoms with E-state index in [0.717, 1.165) is 54.4 Å². The summed E-state index contributed by atoms with van der Waals surface area (Å²) in [7, 11) is 0. The van der Waals surface area contributed by atoms with Crippen LogP contribution in [0.3, 0.4) is 0 Å². The summed E-state index contributed by atoms with van der Waals surface area (Å²) in [6.45, 7) is 4.39. The van der Waals surface area contributed by atoms with E-state index in [1.807, 2.05) is 34.5 Å². The lowest BCUT2D eigenvalue weighted by Gasteiger charge is -2.34. The molecule has 1 saturated heterocycles. The first-order valence-electron chi connectivity index (χ1n) is 8.73. The van der Waals surface area contributed by atoms with Crippen LogP contribution in [0.1, 0.15) is 16.1 Å². The van der Waals surface area contributed by atoms with Crippen LogP contribution in [0.5, 0.6) is 11.5 Å². The van der Waals surface area contributed by atoms with Crippen molar-refractivity contribution in [3.8, 4) is 11.5 Å². The van der Waals surface area contributed by atoms with Gasteiger partial charge in [0.15, 0.2) is 11.5 Å². The monoisotopic (exact) mass is 369 g/mol. The normalized spacial score (nSPS) is 17.2. The largest absolute Gasteiger partial charge is 0.454 e. The van der Waals surface area contributed by atoms with Gasteiger partial charge in [0.25, 0.3) is 5.91 Å². The molecule has 0 bridgehead atoms. The molecule has 5 rings (SSSR count). The van der Waals surface area contributed by atoms with Crippen LogP contribution < -0.4 is 9.47 Å². The minimum absolute atomic E-state index is 0.0936. The molecule has 2 aliphatic heterocycles. The molecule has 1 aromatic carbocycles. The number of piperazine rings is 1. The highest BCUT2D eigenvalue weighted by Gasteiger charge is 2.24. The van der Waals surface area contributed by atoms with Gasteiger partial charge in [-0.2, -0.15) is 0 Å². The van der Waals surface area contributed by atoms with Crippen LogP contribution in [-0.4, -0.2) is 53.7 Å². The standard InChI is InChI=1S/C19H19N3O3S/c23-19(15-10-18-14(20-15)3-8-26-18)22-6-4-21(5-7-22)11-13-1-2-16-17(9-13)25-12-24-16/h1-3,8-10,20H,4-7,11-12H2. The van der Waals surface area contributed by atoms with Crippen LogP contribution >= 0.6 is 11.3 Å². The van der Waals surface area contributed by atoms with Crippen LogP contribution in [-0.2, 0) is 6.54 Å². The molecule has 0 spiro atoms. The number of H-pyrrole nitrogens is 1. The molecule has 1 N–H and O–H groups in total. The molecule has 2 aliphatic rings. The summed E-state index contributed by atoms with van der Waals surface area (Å²) in [5.41, 5.74) is 2.94. The van der Waals surface area contributed by atoms with Crippen LogP contribution in [0, 0.1) is 0 Å². The van der Waals surface area contributed by atoms with E-state index >= 15 is 0 Å². The zero-order valence-electron chi connectivity index (χ0n) is 14.2. The minimum atomic E-state index is 0.0936. The molecule has 0 unspecified atom stereocenters. The second-order valence-corrected chi connectivity index (χ2v) is 7.59. The molecule has 26 heavy (non-hydrogen) atoms. The van der Waals surface area contributed by atoms with Crippen LogP contribution in [0.25, 0.3) is 10.2 Å². The van der Waals surface area contributed by atoms with E-state index in [4.69, 9.17) is 9.47 Å². The molecule has 3 aromatic rings. The number of fused-ring (bicyclic) bond motifs is 2. The van der Waals surface area contributed by atoms with Crippen molar-refractivity contribution in [2.75, 3.05) is 33.0 Å². The fourth-order valence-corrected chi connectivity index (χ4v) is 4.32. The number of aromatic amines is 1. The Morgan fingerprint density at radius 2 is 1.92 bits per heavy atom. The summed E-state index contributed by atoms with van der Waals surface area (Å²) in [5.74, 6) is 1.73. The fourth-order valence-electron chi connectivity index (χ4n) is 3.54. The second kappa shape index (κ2) is 6.34. The van der Waals surface area contributed by atoms with Crippen molar-refractivity contribution in [3.63, 3.8) is 0 Å². The Hall–Kier alpha value is -2.51. The third-order valence-electron chi connectivity index (χ3n) is 4.97. The maximum absolute atomic E-state index is 12.7. The van der Waals surface area contributed by atoms with Crippen LogP contribution in [0.4, 0.5) is 0 Å². The zero-order valence-corrected chi connectivity index (χ0v) is 15.1. The van der Waals surface area contributed by atoms with Crippen molar-refractivity contribution in [3.05, 3.63) is 47.0 Å². The number of nitrogens with one attached hydrogen (secondary N) is 1. The molecule has 134 valence electrons. The summed E-state index contributed by atoms with van der Waals surface area (Å²) < 4.78 is 11.9. The molecule has 0 saturated carbocycles. The van der Waals surface area contributed by atoms with Crippen molar-refractivity contribution < 1.29 is 14.3 Å². The number of amides is 1. The molecular weight excluding hydrogens is 350 g/mol. The maximum Gasteiger partial charge on any atom is 0.270 e. The van der Waals surface area contributed by atoms with Gasteiger partial charge in [-0.15, -0.1) is 11.3 Å². The molecular formula is C19H19N3O3S. The third kappa shape index (κ3) is 2.83. The number of carbonyl (C=O) groups is 1. The summed E-state index contributed by atoms with van der Waals surface area (Å²) in [5, 5.41) is 2.03. The average molecular weight is 369 g/mol. The molecule has 1 fully saturated rings. The Balaban J connectivity index is 1.20. The third-order valence-corrected chi connectivity index (χ3v) is 5.84. The molecule has 2 aromatic heterocycles. The Morgan fingerprint density at radius 1 is 1.08 bits per heavy atom. The lowest BCUT2D eigenvalue weighted by atomic mass is 10.1. The Morgan fingerprint density at radius 3 is 2.77 bits per heavy atom. The lowest BCUT2D eigenvalue weighted by molar-refractivity contribution is 0.0623. The smallest absolute Gasteiger partial charge is 0.270 e. The molecule has 7 heteroatoms. The summed E-state index contributed by atoms with van der Waals surface area (Å²) in [6.07, 6.45) is 0. The van der Waals surface area contributed by atoms with Gasteiger partial charge in [0, 0.05) is 32.7 Å². The van der Waals surface area contributed by atoms with E-state index in [2.05, 4.69) is 16.0 Å². The Bertz CT molecular complexity index is 928. The number of nitrogens with zero attached hydrogens (tertiary/aromatic N) is 2. The number of ether oxygens (including phenoxy) is 2. The van der Waals surface area contributed by atoms with Gasteiger partial charge in [-0.05, 0) is 35.2 Å². The Labute approximate surface area is 154 Å². The van der Waals surface area contributed by atoms with Crippen molar-refractivity contribution >= 4 is 27.5 Å². The number of hydrogen-bond acceptors (Lipinski definition) is 5. The number of rotatable bonds is 3. The maximum atomic E-state index is 12.7. The highest BCUT2D eigenvalue weighted by molar-refractivity contribution is 7.17. The highest BCUT2D eigenvalue weighted by Crippen LogP contribution is 2.33. The SMILES string of the molecule is O=C(c1cc2sccc2[nH]1)N1CCN(Cc2ccc3c(c2)OCO3)CC1.